The van der Waals surface area contributed by atoms with Gasteiger partial charge in [-0.15, -0.1) is 0 Å². The summed E-state index contributed by atoms with van der Waals surface area (Å²) in [5, 5.41) is 3.17. The van der Waals surface area contributed by atoms with E-state index in [2.05, 4.69) is 26.2 Å². The SMILES string of the molecule is Cc1c(Br)cnc(F)c1C1CCN1. The van der Waals surface area contributed by atoms with Crippen molar-refractivity contribution in [2.24, 2.45) is 0 Å². The van der Waals surface area contributed by atoms with E-state index in [-0.39, 0.29) is 12.0 Å². The first kappa shape index (κ1) is 9.09. The van der Waals surface area contributed by atoms with Crippen LogP contribution in [0.1, 0.15) is 23.6 Å². The number of halogens is 2. The zero-order valence-electron chi connectivity index (χ0n) is 7.27. The molecule has 13 heavy (non-hydrogen) atoms. The van der Waals surface area contributed by atoms with Crippen LogP contribution in [-0.4, -0.2) is 11.5 Å². The Hall–Kier alpha value is -0.480. The molecule has 1 unspecified atom stereocenters. The van der Waals surface area contributed by atoms with Gasteiger partial charge in [-0.25, -0.2) is 4.98 Å². The molecule has 0 aliphatic carbocycles. The highest BCUT2D eigenvalue weighted by atomic mass is 79.9. The van der Waals surface area contributed by atoms with Gasteiger partial charge in [0.1, 0.15) is 0 Å². The molecule has 1 aromatic heterocycles. The zero-order valence-corrected chi connectivity index (χ0v) is 8.86. The van der Waals surface area contributed by atoms with Gasteiger partial charge in [0.2, 0.25) is 5.95 Å². The second-order valence-electron chi connectivity index (χ2n) is 3.23. The summed E-state index contributed by atoms with van der Waals surface area (Å²) in [4.78, 5) is 3.69. The lowest BCUT2D eigenvalue weighted by Gasteiger charge is -2.29. The number of hydrogen-bond acceptors (Lipinski definition) is 2. The van der Waals surface area contributed by atoms with E-state index in [1.54, 1.807) is 0 Å². The van der Waals surface area contributed by atoms with Crippen molar-refractivity contribution in [1.29, 1.82) is 0 Å². The van der Waals surface area contributed by atoms with E-state index < -0.39 is 0 Å². The molecular weight excluding hydrogens is 235 g/mol. The summed E-state index contributed by atoms with van der Waals surface area (Å²) in [6, 6.07) is 0.157. The molecule has 0 amide bonds. The van der Waals surface area contributed by atoms with Crippen LogP contribution in [0.2, 0.25) is 0 Å². The molecule has 1 saturated heterocycles. The van der Waals surface area contributed by atoms with Gasteiger partial charge < -0.3 is 5.32 Å². The van der Waals surface area contributed by atoms with Crippen LogP contribution >= 0.6 is 15.9 Å². The number of rotatable bonds is 1. The number of nitrogens with zero attached hydrogens (tertiary/aromatic N) is 1. The summed E-state index contributed by atoms with van der Waals surface area (Å²) in [6.45, 7) is 2.88. The summed E-state index contributed by atoms with van der Waals surface area (Å²) >= 11 is 3.34. The standard InChI is InChI=1S/C9H10BrFN2/c1-5-6(10)4-13-9(11)8(5)7-2-3-12-7/h4,7,12H,2-3H2,1H3. The Morgan fingerprint density at radius 3 is 2.92 bits per heavy atom. The Balaban J connectivity index is 2.46. The number of pyridine rings is 1. The van der Waals surface area contributed by atoms with E-state index >= 15 is 0 Å². The third-order valence-electron chi connectivity index (χ3n) is 2.45. The molecule has 1 aliphatic rings. The van der Waals surface area contributed by atoms with Gasteiger partial charge in [0.15, 0.2) is 0 Å². The maximum absolute atomic E-state index is 13.3. The van der Waals surface area contributed by atoms with Gasteiger partial charge in [-0.2, -0.15) is 4.39 Å². The monoisotopic (exact) mass is 244 g/mol. The van der Waals surface area contributed by atoms with Crippen molar-refractivity contribution >= 4 is 15.9 Å². The number of hydrogen-bond donors (Lipinski definition) is 1. The van der Waals surface area contributed by atoms with Gasteiger partial charge in [0, 0.05) is 22.3 Å². The zero-order chi connectivity index (χ0) is 9.42. The van der Waals surface area contributed by atoms with Gasteiger partial charge >= 0.3 is 0 Å². The summed E-state index contributed by atoms with van der Waals surface area (Å²) in [6.07, 6.45) is 2.50. The molecule has 1 aliphatic heterocycles. The van der Waals surface area contributed by atoms with Gasteiger partial charge in [0.05, 0.1) is 0 Å². The quantitative estimate of drug-likeness (QED) is 0.768. The van der Waals surface area contributed by atoms with Gasteiger partial charge in [-0.3, -0.25) is 0 Å². The highest BCUT2D eigenvalue weighted by Gasteiger charge is 2.25. The second-order valence-corrected chi connectivity index (χ2v) is 4.09. The van der Waals surface area contributed by atoms with E-state index in [1.165, 1.54) is 6.20 Å². The molecule has 0 bridgehead atoms. The van der Waals surface area contributed by atoms with E-state index in [4.69, 9.17) is 0 Å². The highest BCUT2D eigenvalue weighted by Crippen LogP contribution is 2.30. The van der Waals surface area contributed by atoms with Crippen LogP contribution < -0.4 is 5.32 Å². The Bertz CT molecular complexity index is 337. The predicted octanol–water partition coefficient (Wildman–Crippen LogP) is 2.33. The first-order valence-corrected chi connectivity index (χ1v) is 5.03. The lowest BCUT2D eigenvalue weighted by Crippen LogP contribution is -2.36. The molecule has 2 rings (SSSR count). The van der Waals surface area contributed by atoms with Crippen LogP contribution in [0.3, 0.4) is 0 Å². The van der Waals surface area contributed by atoms with E-state index in [9.17, 15) is 4.39 Å². The molecular formula is C9H10BrFN2. The smallest absolute Gasteiger partial charge is 0.217 e. The average Bonchev–Trinajstić information content (AvgIpc) is 2.02. The molecule has 0 radical (unpaired) electrons. The number of aromatic nitrogens is 1. The molecule has 2 nitrogen and oxygen atoms in total. The van der Waals surface area contributed by atoms with Crippen molar-refractivity contribution in [3.63, 3.8) is 0 Å². The van der Waals surface area contributed by atoms with Crippen LogP contribution in [0, 0.1) is 12.9 Å². The van der Waals surface area contributed by atoms with Crippen LogP contribution in [0.25, 0.3) is 0 Å². The molecule has 1 fully saturated rings. The molecule has 0 aromatic carbocycles. The Labute approximate surface area is 84.7 Å². The van der Waals surface area contributed by atoms with Crippen molar-refractivity contribution in [1.82, 2.24) is 10.3 Å². The summed E-state index contributed by atoms with van der Waals surface area (Å²) in [7, 11) is 0. The third-order valence-corrected chi connectivity index (χ3v) is 3.25. The van der Waals surface area contributed by atoms with Crippen molar-refractivity contribution in [3.05, 3.63) is 27.7 Å². The van der Waals surface area contributed by atoms with E-state index in [0.717, 1.165) is 23.0 Å². The minimum absolute atomic E-state index is 0.157. The minimum atomic E-state index is -0.349. The fourth-order valence-electron chi connectivity index (χ4n) is 1.50. The molecule has 0 spiro atoms. The Kier molecular flexibility index (Phi) is 2.34. The van der Waals surface area contributed by atoms with Crippen molar-refractivity contribution < 1.29 is 4.39 Å². The van der Waals surface area contributed by atoms with Crippen molar-refractivity contribution in [2.45, 2.75) is 19.4 Å². The first-order chi connectivity index (χ1) is 6.20. The summed E-state index contributed by atoms with van der Waals surface area (Å²) in [5.41, 5.74) is 1.66. The Morgan fingerprint density at radius 2 is 2.38 bits per heavy atom. The van der Waals surface area contributed by atoms with E-state index in [0.29, 0.717) is 5.56 Å². The van der Waals surface area contributed by atoms with Gasteiger partial charge in [-0.1, -0.05) is 0 Å². The molecule has 0 saturated carbocycles. The van der Waals surface area contributed by atoms with Crippen LogP contribution in [0.4, 0.5) is 4.39 Å². The fourth-order valence-corrected chi connectivity index (χ4v) is 1.82. The molecule has 1 N–H and O–H groups in total. The normalized spacial score (nSPS) is 21.3. The van der Waals surface area contributed by atoms with Gasteiger partial charge in [-0.05, 0) is 41.4 Å². The molecule has 1 aromatic rings. The first-order valence-electron chi connectivity index (χ1n) is 4.24. The Morgan fingerprint density at radius 1 is 1.69 bits per heavy atom. The predicted molar refractivity (Wildman–Crippen MR) is 52.0 cm³/mol. The molecule has 4 heteroatoms. The molecule has 70 valence electrons. The maximum atomic E-state index is 13.3. The number of nitrogens with one attached hydrogen (secondary N) is 1. The minimum Gasteiger partial charge on any atom is -0.310 e. The van der Waals surface area contributed by atoms with Gasteiger partial charge in [0.25, 0.3) is 0 Å². The second kappa shape index (κ2) is 3.35. The van der Waals surface area contributed by atoms with Crippen LogP contribution in [0.5, 0.6) is 0 Å². The van der Waals surface area contributed by atoms with Crippen molar-refractivity contribution in [2.75, 3.05) is 6.54 Å². The fraction of sp³-hybridized carbons (Fsp3) is 0.444. The summed E-state index contributed by atoms with van der Waals surface area (Å²) < 4.78 is 14.2. The van der Waals surface area contributed by atoms with Crippen LogP contribution in [0.15, 0.2) is 10.7 Å². The van der Waals surface area contributed by atoms with Crippen LogP contribution in [-0.2, 0) is 0 Å². The molecule has 2 heterocycles. The van der Waals surface area contributed by atoms with Crippen molar-refractivity contribution in [3.8, 4) is 0 Å². The average molecular weight is 245 g/mol. The third kappa shape index (κ3) is 1.48. The van der Waals surface area contributed by atoms with E-state index in [1.807, 2.05) is 6.92 Å². The topological polar surface area (TPSA) is 24.9 Å². The summed E-state index contributed by atoms with van der Waals surface area (Å²) in [5.74, 6) is -0.349. The lowest BCUT2D eigenvalue weighted by atomic mass is 9.96. The molecule has 1 atom stereocenters. The maximum Gasteiger partial charge on any atom is 0.217 e. The largest absolute Gasteiger partial charge is 0.310 e. The highest BCUT2D eigenvalue weighted by molar-refractivity contribution is 9.10. The lowest BCUT2D eigenvalue weighted by molar-refractivity contribution is 0.364.